The molecule has 0 unspecified atom stereocenters. The molecule has 0 saturated heterocycles. The van der Waals surface area contributed by atoms with Crippen LogP contribution in [-0.4, -0.2) is 19.6 Å². The minimum Gasteiger partial charge on any atom is -0.268 e. The van der Waals surface area contributed by atoms with Crippen molar-refractivity contribution in [2.75, 3.05) is 0 Å². The highest BCUT2D eigenvalue weighted by Crippen LogP contribution is 2.18. The van der Waals surface area contributed by atoms with Gasteiger partial charge in [-0.1, -0.05) is 11.6 Å². The number of hydrogen-bond donors (Lipinski definition) is 0. The third-order valence-electron chi connectivity index (χ3n) is 2.41. The Kier molecular flexibility index (Phi) is 3.53. The van der Waals surface area contributed by atoms with Gasteiger partial charge in [0.05, 0.1) is 18.4 Å². The Bertz CT molecular complexity index is 619. The first kappa shape index (κ1) is 12.6. The third-order valence-corrected chi connectivity index (χ3v) is 3.48. The molecule has 0 aromatic carbocycles. The van der Waals surface area contributed by atoms with Gasteiger partial charge in [-0.05, 0) is 29.5 Å². The summed E-state index contributed by atoms with van der Waals surface area (Å²) in [7, 11) is 1.77. The monoisotopic (exact) mass is 364 g/mol. The molecule has 0 aliphatic carbocycles. The van der Waals surface area contributed by atoms with Gasteiger partial charge in [0, 0.05) is 22.2 Å². The molecule has 90 valence electrons. The molecule has 2 aromatic heterocycles. The van der Waals surface area contributed by atoms with Gasteiger partial charge in [-0.15, -0.1) is 0 Å². The van der Waals surface area contributed by atoms with Crippen LogP contribution in [0.5, 0.6) is 0 Å². The van der Waals surface area contributed by atoms with E-state index in [0.29, 0.717) is 11.7 Å². The van der Waals surface area contributed by atoms with Crippen LogP contribution in [0.4, 0.5) is 0 Å². The fourth-order valence-corrected chi connectivity index (χ4v) is 2.16. The summed E-state index contributed by atoms with van der Waals surface area (Å²) in [5.74, 6) is 0. The van der Waals surface area contributed by atoms with Gasteiger partial charge >= 0.3 is 0 Å². The van der Waals surface area contributed by atoms with Gasteiger partial charge in [-0.2, -0.15) is 10.2 Å². The highest BCUT2D eigenvalue weighted by molar-refractivity contribution is 14.1. The van der Waals surface area contributed by atoms with Crippen LogP contribution in [0, 0.1) is 10.5 Å². The first-order valence-corrected chi connectivity index (χ1v) is 6.35. The fraction of sp³-hybridized carbons (Fsp3) is 0.300. The van der Waals surface area contributed by atoms with Crippen molar-refractivity contribution in [3.63, 3.8) is 0 Å². The Morgan fingerprint density at radius 1 is 1.53 bits per heavy atom. The standard InChI is InChI=1S/C10H10ClIN4O/c1-6-8(10(11)15(2)14-6)5-16-9(17)3-7(12)4-13-16/h3-4H,5H2,1-2H3. The molecule has 2 aromatic rings. The molecule has 0 spiro atoms. The lowest BCUT2D eigenvalue weighted by molar-refractivity contribution is 0.634. The van der Waals surface area contributed by atoms with E-state index in [9.17, 15) is 4.79 Å². The Morgan fingerprint density at radius 3 is 2.76 bits per heavy atom. The predicted octanol–water partition coefficient (Wildman–Crippen LogP) is 1.59. The van der Waals surface area contributed by atoms with Gasteiger partial charge in [-0.25, -0.2) is 4.68 Å². The second-order valence-corrected chi connectivity index (χ2v) is 5.25. The van der Waals surface area contributed by atoms with Crippen LogP contribution in [0.3, 0.4) is 0 Å². The molecule has 0 radical (unpaired) electrons. The first-order valence-electron chi connectivity index (χ1n) is 4.89. The average molecular weight is 365 g/mol. The van der Waals surface area contributed by atoms with Crippen LogP contribution in [0.15, 0.2) is 17.1 Å². The summed E-state index contributed by atoms with van der Waals surface area (Å²) in [4.78, 5) is 11.7. The van der Waals surface area contributed by atoms with E-state index in [1.54, 1.807) is 17.9 Å². The van der Waals surface area contributed by atoms with Crippen molar-refractivity contribution < 1.29 is 0 Å². The number of nitrogens with zero attached hydrogens (tertiary/aromatic N) is 4. The quantitative estimate of drug-likeness (QED) is 0.761. The number of rotatable bonds is 2. The Hall–Kier alpha value is -0.890. The molecular weight excluding hydrogens is 354 g/mol. The zero-order valence-corrected chi connectivity index (χ0v) is 12.2. The average Bonchev–Trinajstić information content (AvgIpc) is 2.48. The summed E-state index contributed by atoms with van der Waals surface area (Å²) in [6, 6.07) is 1.53. The largest absolute Gasteiger partial charge is 0.268 e. The molecule has 17 heavy (non-hydrogen) atoms. The van der Waals surface area contributed by atoms with E-state index in [4.69, 9.17) is 11.6 Å². The summed E-state index contributed by atoms with van der Waals surface area (Å²) in [6.45, 7) is 2.20. The summed E-state index contributed by atoms with van der Waals surface area (Å²) in [5.41, 5.74) is 1.49. The fourth-order valence-electron chi connectivity index (χ4n) is 1.53. The SMILES string of the molecule is Cc1nn(C)c(Cl)c1Cn1ncc(I)cc1=O. The van der Waals surface area contributed by atoms with Gasteiger partial charge in [0.1, 0.15) is 5.15 Å². The van der Waals surface area contributed by atoms with Gasteiger partial charge in [0.25, 0.3) is 5.56 Å². The van der Waals surface area contributed by atoms with Crippen molar-refractivity contribution in [2.24, 2.45) is 7.05 Å². The summed E-state index contributed by atoms with van der Waals surface area (Å²) < 4.78 is 3.78. The van der Waals surface area contributed by atoms with E-state index >= 15 is 0 Å². The number of aryl methyl sites for hydroxylation is 2. The zero-order chi connectivity index (χ0) is 12.6. The van der Waals surface area contributed by atoms with Gasteiger partial charge in [0.2, 0.25) is 0 Å². The van der Waals surface area contributed by atoms with E-state index in [-0.39, 0.29) is 5.56 Å². The van der Waals surface area contributed by atoms with Gasteiger partial charge in [0.15, 0.2) is 0 Å². The molecule has 0 aliphatic heterocycles. The highest BCUT2D eigenvalue weighted by Gasteiger charge is 2.12. The number of aromatic nitrogens is 4. The zero-order valence-electron chi connectivity index (χ0n) is 9.31. The maximum Gasteiger partial charge on any atom is 0.268 e. The smallest absolute Gasteiger partial charge is 0.268 e. The molecule has 7 heteroatoms. The Morgan fingerprint density at radius 2 is 2.24 bits per heavy atom. The molecule has 0 fully saturated rings. The van der Waals surface area contributed by atoms with Gasteiger partial charge in [-0.3, -0.25) is 9.48 Å². The topological polar surface area (TPSA) is 52.7 Å². The molecule has 5 nitrogen and oxygen atoms in total. The molecule has 2 heterocycles. The predicted molar refractivity (Wildman–Crippen MR) is 73.3 cm³/mol. The lowest BCUT2D eigenvalue weighted by atomic mass is 10.2. The van der Waals surface area contributed by atoms with E-state index in [2.05, 4.69) is 32.8 Å². The third kappa shape index (κ3) is 2.52. The van der Waals surface area contributed by atoms with Crippen LogP contribution in [0.2, 0.25) is 5.15 Å². The van der Waals surface area contributed by atoms with Gasteiger partial charge < -0.3 is 0 Å². The summed E-state index contributed by atoms with van der Waals surface area (Å²) in [6.07, 6.45) is 1.64. The molecule has 2 rings (SSSR count). The lowest BCUT2D eigenvalue weighted by Gasteiger charge is -2.03. The Labute approximate surface area is 117 Å². The second kappa shape index (κ2) is 4.77. The molecule has 0 aliphatic rings. The van der Waals surface area contributed by atoms with E-state index in [1.807, 2.05) is 6.92 Å². The molecule has 0 amide bonds. The lowest BCUT2D eigenvalue weighted by Crippen LogP contribution is -2.23. The van der Waals surface area contributed by atoms with Crippen LogP contribution < -0.4 is 5.56 Å². The molecule has 0 bridgehead atoms. The van der Waals surface area contributed by atoms with E-state index < -0.39 is 0 Å². The molecular formula is C10H10ClIN4O. The summed E-state index contributed by atoms with van der Waals surface area (Å²) in [5, 5.41) is 8.80. The van der Waals surface area contributed by atoms with Crippen LogP contribution in [0.25, 0.3) is 0 Å². The van der Waals surface area contributed by atoms with Crippen molar-refractivity contribution in [3.05, 3.63) is 42.6 Å². The maximum atomic E-state index is 11.7. The minimum atomic E-state index is -0.142. The second-order valence-electron chi connectivity index (χ2n) is 3.65. The molecule has 0 atom stereocenters. The van der Waals surface area contributed by atoms with E-state index in [0.717, 1.165) is 14.8 Å². The van der Waals surface area contributed by atoms with Crippen molar-refractivity contribution >= 4 is 34.2 Å². The van der Waals surface area contributed by atoms with Crippen LogP contribution >= 0.6 is 34.2 Å². The normalized spacial score (nSPS) is 10.8. The van der Waals surface area contributed by atoms with Crippen molar-refractivity contribution in [3.8, 4) is 0 Å². The number of halogens is 2. The van der Waals surface area contributed by atoms with Crippen molar-refractivity contribution in [1.82, 2.24) is 19.6 Å². The first-order chi connectivity index (χ1) is 7.99. The summed E-state index contributed by atoms with van der Waals surface area (Å²) >= 11 is 8.16. The van der Waals surface area contributed by atoms with Crippen LogP contribution in [-0.2, 0) is 13.6 Å². The maximum absolute atomic E-state index is 11.7. The van der Waals surface area contributed by atoms with Crippen LogP contribution in [0.1, 0.15) is 11.3 Å². The van der Waals surface area contributed by atoms with E-state index in [1.165, 1.54) is 10.7 Å². The highest BCUT2D eigenvalue weighted by atomic mass is 127. The van der Waals surface area contributed by atoms with Crippen molar-refractivity contribution in [2.45, 2.75) is 13.5 Å². The number of hydrogen-bond acceptors (Lipinski definition) is 3. The minimum absolute atomic E-state index is 0.142. The van der Waals surface area contributed by atoms with Crippen molar-refractivity contribution in [1.29, 1.82) is 0 Å². The Balaban J connectivity index is 2.41. The molecule has 0 saturated carbocycles. The molecule has 0 N–H and O–H groups in total.